The maximum Gasteiger partial charge on any atom is 0.324 e. The van der Waals surface area contributed by atoms with E-state index in [0.717, 1.165) is 18.5 Å². The normalized spacial score (nSPS) is 11.7. The van der Waals surface area contributed by atoms with Crippen molar-refractivity contribution in [2.24, 2.45) is 10.4 Å². The van der Waals surface area contributed by atoms with Gasteiger partial charge in [0.2, 0.25) is 5.91 Å². The summed E-state index contributed by atoms with van der Waals surface area (Å²) < 4.78 is 27.7. The Hall–Kier alpha value is -4.04. The molecule has 0 aliphatic rings. The number of amides is 3. The minimum absolute atomic E-state index is 0.0780. The number of halogens is 2. The van der Waals surface area contributed by atoms with Crippen molar-refractivity contribution in [3.05, 3.63) is 47.5 Å². The number of nitriles is 1. The first-order valence-corrected chi connectivity index (χ1v) is 12.0. The number of aliphatic hydroxyl groups is 1. The van der Waals surface area contributed by atoms with E-state index in [0.29, 0.717) is 36.4 Å². The highest BCUT2D eigenvalue weighted by molar-refractivity contribution is 5.97. The molecule has 2 rings (SSSR count). The lowest BCUT2D eigenvalue weighted by molar-refractivity contribution is -0.120. The van der Waals surface area contributed by atoms with Gasteiger partial charge in [-0.25, -0.2) is 18.6 Å². The number of carbonyl (C=O) groups excluding carboxylic acids is 2. The van der Waals surface area contributed by atoms with Gasteiger partial charge in [-0.05, 0) is 56.0 Å². The Kier molecular flexibility index (Phi) is 9.91. The summed E-state index contributed by atoms with van der Waals surface area (Å²) >= 11 is 0. The quantitative estimate of drug-likeness (QED) is 0.260. The lowest BCUT2D eigenvalue weighted by atomic mass is 9.91. The average molecular weight is 529 g/mol. The molecule has 4 N–H and O–H groups in total. The van der Waals surface area contributed by atoms with Crippen molar-refractivity contribution in [1.82, 2.24) is 5.32 Å². The van der Waals surface area contributed by atoms with Gasteiger partial charge in [-0.15, -0.1) is 0 Å². The second-order valence-electron chi connectivity index (χ2n) is 10.6. The van der Waals surface area contributed by atoms with Gasteiger partial charge in [0.05, 0.1) is 29.0 Å². The minimum atomic E-state index is -1.19. The van der Waals surface area contributed by atoms with E-state index >= 15 is 0 Å². The van der Waals surface area contributed by atoms with Crippen LogP contribution in [0.3, 0.4) is 0 Å². The molecule has 0 aromatic heterocycles. The monoisotopic (exact) mass is 528 g/mol. The Morgan fingerprint density at radius 1 is 1.13 bits per heavy atom. The Bertz CT molecular complexity index is 1240. The molecular formula is C27H34F2N6O3. The summed E-state index contributed by atoms with van der Waals surface area (Å²) in [6.07, 6.45) is 1.87. The number of urea groups is 1. The van der Waals surface area contributed by atoms with Gasteiger partial charge in [0.1, 0.15) is 17.4 Å². The summed E-state index contributed by atoms with van der Waals surface area (Å²) in [5, 5.41) is 26.6. The molecule has 2 aromatic rings. The fourth-order valence-corrected chi connectivity index (χ4v) is 3.27. The van der Waals surface area contributed by atoms with Gasteiger partial charge in [-0.2, -0.15) is 5.26 Å². The second kappa shape index (κ2) is 12.5. The Morgan fingerprint density at radius 2 is 1.79 bits per heavy atom. The summed E-state index contributed by atoms with van der Waals surface area (Å²) in [5.74, 6) is -2.30. The zero-order valence-electron chi connectivity index (χ0n) is 22.4. The van der Waals surface area contributed by atoms with Crippen LogP contribution < -0.4 is 20.9 Å². The molecule has 0 bridgehead atoms. The molecule has 0 radical (unpaired) electrons. The average Bonchev–Trinajstić information content (AvgIpc) is 2.79. The number of hydrogen-bond acceptors (Lipinski definition) is 6. The van der Waals surface area contributed by atoms with Gasteiger partial charge in [0.25, 0.3) is 0 Å². The summed E-state index contributed by atoms with van der Waals surface area (Å²) in [6.45, 7) is 9.74. The maximum atomic E-state index is 14.2. The Balaban J connectivity index is 2.23. The van der Waals surface area contributed by atoms with Crippen molar-refractivity contribution in [3.8, 4) is 6.07 Å². The fraction of sp³-hybridized carbons (Fsp3) is 0.407. The van der Waals surface area contributed by atoms with E-state index in [1.807, 2.05) is 20.8 Å². The van der Waals surface area contributed by atoms with E-state index in [1.54, 1.807) is 39.1 Å². The molecule has 0 saturated carbocycles. The third-order valence-electron chi connectivity index (χ3n) is 5.33. The smallest absolute Gasteiger partial charge is 0.324 e. The van der Waals surface area contributed by atoms with Crippen LogP contribution in [0.4, 0.5) is 36.3 Å². The van der Waals surface area contributed by atoms with Crippen LogP contribution in [-0.4, -0.2) is 42.6 Å². The molecule has 11 heteroatoms. The van der Waals surface area contributed by atoms with Crippen LogP contribution in [0.5, 0.6) is 0 Å². The fourth-order valence-electron chi connectivity index (χ4n) is 3.27. The molecule has 0 atom stereocenters. The van der Waals surface area contributed by atoms with E-state index in [2.05, 4.69) is 20.9 Å². The molecule has 0 spiro atoms. The second-order valence-corrected chi connectivity index (χ2v) is 10.6. The summed E-state index contributed by atoms with van der Waals surface area (Å²) in [6, 6.07) is 7.59. The van der Waals surface area contributed by atoms with Crippen LogP contribution in [-0.2, 0) is 4.79 Å². The topological polar surface area (TPSA) is 130 Å². The first kappa shape index (κ1) is 30.2. The molecular weight excluding hydrogens is 494 g/mol. The highest BCUT2D eigenvalue weighted by Crippen LogP contribution is 2.31. The van der Waals surface area contributed by atoms with Crippen LogP contribution in [0.2, 0.25) is 0 Å². The van der Waals surface area contributed by atoms with Crippen molar-refractivity contribution in [2.45, 2.75) is 53.1 Å². The van der Waals surface area contributed by atoms with E-state index in [1.165, 1.54) is 11.0 Å². The summed E-state index contributed by atoms with van der Waals surface area (Å²) in [4.78, 5) is 30.8. The van der Waals surface area contributed by atoms with E-state index < -0.39 is 28.8 Å². The Labute approximate surface area is 221 Å². The molecule has 0 unspecified atom stereocenters. The molecule has 204 valence electrons. The summed E-state index contributed by atoms with van der Waals surface area (Å²) in [5.41, 5.74) is -0.674. The van der Waals surface area contributed by atoms with Crippen LogP contribution >= 0.6 is 0 Å². The van der Waals surface area contributed by atoms with Crippen LogP contribution in [0, 0.1) is 28.4 Å². The lowest BCUT2D eigenvalue weighted by Crippen LogP contribution is -2.29. The van der Waals surface area contributed by atoms with Gasteiger partial charge in [-0.3, -0.25) is 10.1 Å². The predicted octanol–water partition coefficient (Wildman–Crippen LogP) is 5.29. The predicted molar refractivity (Wildman–Crippen MR) is 145 cm³/mol. The number of carbonyl (C=O) groups is 2. The molecule has 0 heterocycles. The number of aliphatic imine (C=N–C) groups is 1. The van der Waals surface area contributed by atoms with Crippen LogP contribution in [0.15, 0.2) is 35.3 Å². The van der Waals surface area contributed by atoms with Gasteiger partial charge in [-0.1, -0.05) is 20.8 Å². The highest BCUT2D eigenvalue weighted by Gasteiger charge is 2.21. The van der Waals surface area contributed by atoms with Gasteiger partial charge in [0, 0.05) is 25.7 Å². The zero-order chi connectivity index (χ0) is 28.7. The SMILES string of the molecule is CN(C(=O)CC(C)(C)C)c1ccc(NCCC(C)(C)O)c(N=CNC(=O)Nc2ccc(F)c(C#N)c2F)c1. The molecule has 0 aliphatic carbocycles. The largest absolute Gasteiger partial charge is 0.390 e. The standard InChI is InChI=1S/C27H34F2N6O3/c1-26(2,3)14-23(36)35(6)17-7-9-20(31-12-11-27(4,5)38)22(13-17)32-16-33-25(37)34-21-10-8-19(28)18(15-30)24(21)29/h7-10,13,16,31,38H,11-12,14H2,1-6H3,(H2,32,33,34,37). The molecule has 9 nitrogen and oxygen atoms in total. The lowest BCUT2D eigenvalue weighted by Gasteiger charge is -2.24. The number of nitrogens with one attached hydrogen (secondary N) is 3. The van der Waals surface area contributed by atoms with Crippen molar-refractivity contribution in [2.75, 3.05) is 29.1 Å². The molecule has 38 heavy (non-hydrogen) atoms. The van der Waals surface area contributed by atoms with Gasteiger partial charge >= 0.3 is 6.03 Å². The van der Waals surface area contributed by atoms with Crippen molar-refractivity contribution >= 4 is 41.0 Å². The van der Waals surface area contributed by atoms with Crippen molar-refractivity contribution < 1.29 is 23.5 Å². The zero-order valence-corrected chi connectivity index (χ0v) is 22.4. The van der Waals surface area contributed by atoms with Crippen molar-refractivity contribution in [1.29, 1.82) is 5.26 Å². The highest BCUT2D eigenvalue weighted by atomic mass is 19.1. The number of hydrogen-bond donors (Lipinski definition) is 4. The van der Waals surface area contributed by atoms with Crippen LogP contribution in [0.25, 0.3) is 0 Å². The van der Waals surface area contributed by atoms with E-state index in [-0.39, 0.29) is 17.0 Å². The van der Waals surface area contributed by atoms with Crippen LogP contribution in [0.1, 0.15) is 53.0 Å². The number of benzene rings is 2. The number of anilines is 3. The first-order valence-electron chi connectivity index (χ1n) is 12.0. The van der Waals surface area contributed by atoms with E-state index in [9.17, 15) is 23.5 Å². The molecule has 0 saturated heterocycles. The molecule has 0 aliphatic heterocycles. The first-order chi connectivity index (χ1) is 17.6. The third-order valence-corrected chi connectivity index (χ3v) is 5.33. The maximum absolute atomic E-state index is 14.2. The van der Waals surface area contributed by atoms with E-state index in [4.69, 9.17) is 5.26 Å². The molecule has 3 amide bonds. The Morgan fingerprint density at radius 3 is 2.39 bits per heavy atom. The minimum Gasteiger partial charge on any atom is -0.390 e. The van der Waals surface area contributed by atoms with Gasteiger partial charge < -0.3 is 20.6 Å². The summed E-state index contributed by atoms with van der Waals surface area (Å²) in [7, 11) is 1.66. The van der Waals surface area contributed by atoms with Crippen molar-refractivity contribution in [3.63, 3.8) is 0 Å². The number of nitrogens with zero attached hydrogens (tertiary/aromatic N) is 3. The third kappa shape index (κ3) is 9.12. The van der Waals surface area contributed by atoms with Gasteiger partial charge in [0.15, 0.2) is 5.82 Å². The molecule has 0 fully saturated rings. The number of rotatable bonds is 9. The molecule has 2 aromatic carbocycles.